The fourth-order valence-electron chi connectivity index (χ4n) is 5.66. The summed E-state index contributed by atoms with van der Waals surface area (Å²) in [5.74, 6) is -1.33. The lowest BCUT2D eigenvalue weighted by molar-refractivity contribution is 0.0678. The number of rotatable bonds is 9. The van der Waals surface area contributed by atoms with Crippen molar-refractivity contribution in [3.63, 3.8) is 0 Å². The highest BCUT2D eigenvalue weighted by molar-refractivity contribution is 9.10. The molecule has 0 aliphatic carbocycles. The van der Waals surface area contributed by atoms with Crippen LogP contribution in [0.1, 0.15) is 20.7 Å². The zero-order chi connectivity index (χ0) is 36.4. The zero-order valence-corrected chi connectivity index (χ0v) is 29.6. The number of fused-ring (bicyclic) bond motifs is 2. The molecule has 14 nitrogen and oxygen atoms in total. The van der Waals surface area contributed by atoms with Crippen molar-refractivity contribution < 1.29 is 38.7 Å². The summed E-state index contributed by atoms with van der Waals surface area (Å²) >= 11 is 3.41. The van der Waals surface area contributed by atoms with Crippen LogP contribution in [-0.2, 0) is 7.05 Å². The minimum absolute atomic E-state index is 0.00841. The minimum atomic E-state index is -1.11. The number of aryl methyl sites for hydroxylation is 1. The maximum Gasteiger partial charge on any atom is 0.343 e. The number of carboxylic acids is 2. The van der Waals surface area contributed by atoms with Crippen LogP contribution in [0, 0.1) is 0 Å². The quantitative estimate of drug-likeness (QED) is 0.162. The molecule has 0 aliphatic rings. The number of carbonyl (C=O) groups is 2. The molecule has 0 atom stereocenters. The van der Waals surface area contributed by atoms with Crippen LogP contribution in [0.3, 0.4) is 0 Å². The lowest BCUT2D eigenvalue weighted by Crippen LogP contribution is -2.05. The van der Waals surface area contributed by atoms with Crippen LogP contribution in [0.4, 0.5) is 0 Å². The summed E-state index contributed by atoms with van der Waals surface area (Å²) < 4.78 is 27.4. The van der Waals surface area contributed by atoms with Crippen LogP contribution in [0.15, 0.2) is 90.2 Å². The van der Waals surface area contributed by atoms with E-state index in [1.807, 2.05) is 58.8 Å². The summed E-state index contributed by atoms with van der Waals surface area (Å²) in [6.07, 6.45) is 7.11. The van der Waals surface area contributed by atoms with E-state index in [2.05, 4.69) is 31.0 Å². The molecule has 0 amide bonds. The molecule has 0 bridgehead atoms. The summed E-state index contributed by atoms with van der Waals surface area (Å²) in [4.78, 5) is 31.8. The van der Waals surface area contributed by atoms with Crippen molar-refractivity contribution in [2.75, 3.05) is 28.4 Å². The van der Waals surface area contributed by atoms with Gasteiger partial charge in [0.05, 0.1) is 68.1 Å². The number of hydrogen-bond donors (Lipinski definition) is 2. The molecule has 0 fully saturated rings. The fraction of sp³-hybridized carbons (Fsp3) is 0.139. The fourth-order valence-corrected chi connectivity index (χ4v) is 6.00. The first-order valence-electron chi connectivity index (χ1n) is 15.1. The molecule has 0 unspecified atom stereocenters. The Hall–Kier alpha value is -6.35. The predicted octanol–water partition coefficient (Wildman–Crippen LogP) is 6.64. The summed E-state index contributed by atoms with van der Waals surface area (Å²) in [7, 11) is 7.58. The van der Waals surface area contributed by atoms with Crippen LogP contribution in [0.5, 0.6) is 23.0 Å². The van der Waals surface area contributed by atoms with Gasteiger partial charge in [0.2, 0.25) is 0 Å². The molecule has 0 saturated heterocycles. The number of carboxylic acid groups (broad SMARTS) is 2. The van der Waals surface area contributed by atoms with Gasteiger partial charge in [-0.2, -0.15) is 5.10 Å². The largest absolute Gasteiger partial charge is 0.496 e. The highest BCUT2D eigenvalue weighted by atomic mass is 79.9. The van der Waals surface area contributed by atoms with E-state index >= 15 is 0 Å². The van der Waals surface area contributed by atoms with Gasteiger partial charge in [-0.15, -0.1) is 0 Å². The molecular weight excluding hydrogens is 724 g/mol. The number of halogens is 1. The third-order valence-electron chi connectivity index (χ3n) is 8.06. The molecule has 0 spiro atoms. The summed E-state index contributed by atoms with van der Waals surface area (Å²) in [6.45, 7) is 0. The topological polar surface area (TPSA) is 165 Å². The van der Waals surface area contributed by atoms with E-state index in [9.17, 15) is 19.8 Å². The van der Waals surface area contributed by atoms with E-state index in [1.54, 1.807) is 47.8 Å². The first-order chi connectivity index (χ1) is 24.6. The van der Waals surface area contributed by atoms with Gasteiger partial charge in [0.1, 0.15) is 46.8 Å². The van der Waals surface area contributed by atoms with E-state index in [4.69, 9.17) is 18.9 Å². The molecule has 0 aliphatic heterocycles. The number of methoxy groups -OCH3 is 4. The second kappa shape index (κ2) is 14.2. The second-order valence-corrected chi connectivity index (χ2v) is 11.9. The number of ether oxygens (including phenoxy) is 4. The number of aromatic carboxylic acids is 2. The first kappa shape index (κ1) is 34.5. The molecule has 15 heteroatoms. The molecule has 7 rings (SSSR count). The van der Waals surface area contributed by atoms with E-state index in [0.29, 0.717) is 11.4 Å². The second-order valence-electron chi connectivity index (χ2n) is 11.0. The Kier molecular flexibility index (Phi) is 9.64. The summed E-state index contributed by atoms with van der Waals surface area (Å²) in [6, 6.07) is 18.3. The normalized spacial score (nSPS) is 10.9. The number of benzene rings is 4. The molecule has 0 saturated carbocycles. The van der Waals surface area contributed by atoms with E-state index in [1.165, 1.54) is 28.4 Å². The highest BCUT2D eigenvalue weighted by Crippen LogP contribution is 2.35. The van der Waals surface area contributed by atoms with Gasteiger partial charge in [-0.25, -0.2) is 19.6 Å². The van der Waals surface area contributed by atoms with Crippen molar-refractivity contribution in [2.45, 2.75) is 0 Å². The van der Waals surface area contributed by atoms with Gasteiger partial charge in [0.15, 0.2) is 0 Å². The van der Waals surface area contributed by atoms with Crippen molar-refractivity contribution in [1.29, 1.82) is 0 Å². The Bertz CT molecular complexity index is 2380. The maximum absolute atomic E-state index is 11.6. The number of imidazole rings is 2. The molecule has 3 heterocycles. The van der Waals surface area contributed by atoms with Gasteiger partial charge in [-0.1, -0.05) is 22.0 Å². The van der Waals surface area contributed by atoms with Gasteiger partial charge in [0, 0.05) is 47.5 Å². The molecule has 2 N–H and O–H groups in total. The lowest BCUT2D eigenvalue weighted by Gasteiger charge is -2.13. The van der Waals surface area contributed by atoms with Crippen molar-refractivity contribution in [3.05, 3.63) is 101 Å². The molecule has 4 aromatic carbocycles. The van der Waals surface area contributed by atoms with Gasteiger partial charge < -0.3 is 29.2 Å². The molecule has 7 aromatic rings. The molecular formula is C36H31BrN6O8. The van der Waals surface area contributed by atoms with E-state index in [0.717, 1.165) is 37.7 Å². The average molecular weight is 756 g/mol. The zero-order valence-electron chi connectivity index (χ0n) is 28.0. The SMILES string of the molecule is COc1cc(-n2cnc3cc(-c4cnn(C)c4)ccc32)cc(OC)c1C(=O)O.COc1cc(-n2cnc3cc(Br)ccc32)cc(OC)c1C(=O)O. The summed E-state index contributed by atoms with van der Waals surface area (Å²) in [5.41, 5.74) is 6.78. The standard InChI is InChI=1S/C20H18N4O4.C16H13BrN2O4/c1-23-10-13(9-22-23)12-4-5-16-15(6-12)21-11-24(16)14-7-17(27-2)19(20(25)26)18(8-14)28-3;1-22-13-6-10(7-14(23-2)15(13)16(20)21)19-8-18-11-5-9(17)3-4-12(11)19/h4-11H,1-3H3,(H,25,26);3-8H,1-2H3,(H,20,21). The van der Waals surface area contributed by atoms with E-state index in [-0.39, 0.29) is 34.1 Å². The van der Waals surface area contributed by atoms with Crippen LogP contribution >= 0.6 is 15.9 Å². The Morgan fingerprint density at radius 3 is 1.51 bits per heavy atom. The Morgan fingerprint density at radius 2 is 1.10 bits per heavy atom. The Morgan fingerprint density at radius 1 is 0.647 bits per heavy atom. The number of nitrogens with zero attached hydrogens (tertiary/aromatic N) is 6. The lowest BCUT2D eigenvalue weighted by atomic mass is 10.1. The van der Waals surface area contributed by atoms with Gasteiger partial charge in [-0.05, 0) is 35.9 Å². The third-order valence-corrected chi connectivity index (χ3v) is 8.55. The Labute approximate surface area is 299 Å². The van der Waals surface area contributed by atoms with Gasteiger partial charge in [-0.3, -0.25) is 13.8 Å². The van der Waals surface area contributed by atoms with Crippen LogP contribution < -0.4 is 18.9 Å². The monoisotopic (exact) mass is 754 g/mol. The Balaban J connectivity index is 0.000000179. The van der Waals surface area contributed by atoms with Crippen LogP contribution in [0.25, 0.3) is 44.6 Å². The van der Waals surface area contributed by atoms with Gasteiger partial charge in [0.25, 0.3) is 0 Å². The summed E-state index contributed by atoms with van der Waals surface area (Å²) in [5, 5.41) is 23.0. The number of aromatic nitrogens is 6. The maximum atomic E-state index is 11.6. The smallest absolute Gasteiger partial charge is 0.343 e. The number of hydrogen-bond acceptors (Lipinski definition) is 9. The van der Waals surface area contributed by atoms with Crippen molar-refractivity contribution in [3.8, 4) is 45.5 Å². The molecule has 51 heavy (non-hydrogen) atoms. The van der Waals surface area contributed by atoms with Crippen LogP contribution in [-0.4, -0.2) is 79.5 Å². The molecule has 3 aromatic heterocycles. The van der Waals surface area contributed by atoms with E-state index < -0.39 is 11.9 Å². The molecule has 260 valence electrons. The van der Waals surface area contributed by atoms with Crippen molar-refractivity contribution in [2.24, 2.45) is 7.05 Å². The minimum Gasteiger partial charge on any atom is -0.496 e. The van der Waals surface area contributed by atoms with Crippen molar-refractivity contribution in [1.82, 2.24) is 28.9 Å². The van der Waals surface area contributed by atoms with Crippen molar-refractivity contribution >= 4 is 49.9 Å². The van der Waals surface area contributed by atoms with Crippen LogP contribution in [0.2, 0.25) is 0 Å². The molecule has 0 radical (unpaired) electrons. The van der Waals surface area contributed by atoms with Gasteiger partial charge >= 0.3 is 11.9 Å². The highest BCUT2D eigenvalue weighted by Gasteiger charge is 2.22. The third kappa shape index (κ3) is 6.66. The average Bonchev–Trinajstić information content (AvgIpc) is 3.88. The first-order valence-corrected chi connectivity index (χ1v) is 15.9. The predicted molar refractivity (Wildman–Crippen MR) is 192 cm³/mol.